The van der Waals surface area contributed by atoms with Gasteiger partial charge in [-0.3, -0.25) is 9.69 Å². The van der Waals surface area contributed by atoms with E-state index in [1.54, 1.807) is 40.7 Å². The van der Waals surface area contributed by atoms with Crippen LogP contribution in [0, 0.1) is 0 Å². The Labute approximate surface area is 214 Å². The Morgan fingerprint density at radius 3 is 2.17 bits per heavy atom. The maximum Gasteiger partial charge on any atom is 0.498 e. The molecule has 3 heterocycles. The van der Waals surface area contributed by atoms with Crippen LogP contribution in [-0.2, 0) is 24.3 Å². The van der Waals surface area contributed by atoms with E-state index in [2.05, 4.69) is 6.58 Å². The molecule has 1 amide bonds. The van der Waals surface area contributed by atoms with E-state index in [1.807, 2.05) is 40.7 Å². The molecule has 196 valence electrons. The van der Waals surface area contributed by atoms with Crippen LogP contribution in [0.2, 0.25) is 0 Å². The quantitative estimate of drug-likeness (QED) is 0.442. The van der Waals surface area contributed by atoms with Crippen molar-refractivity contribution in [3.63, 3.8) is 0 Å². The van der Waals surface area contributed by atoms with Crippen molar-refractivity contribution >= 4 is 30.1 Å². The van der Waals surface area contributed by atoms with Gasteiger partial charge in [0.25, 0.3) is 0 Å². The summed E-state index contributed by atoms with van der Waals surface area (Å²) in [5, 5.41) is 0. The number of fused-ring (bicyclic) bond motifs is 3. The van der Waals surface area contributed by atoms with E-state index in [1.165, 1.54) is 4.90 Å². The molecule has 8 nitrogen and oxygen atoms in total. The van der Waals surface area contributed by atoms with Crippen LogP contribution in [0.25, 0.3) is 0 Å². The van der Waals surface area contributed by atoms with Gasteiger partial charge in [-0.1, -0.05) is 12.1 Å². The minimum Gasteiger partial charge on any atom is -0.454 e. The topological polar surface area (TPSA) is 83.5 Å². The van der Waals surface area contributed by atoms with Crippen LogP contribution in [0.1, 0.15) is 81.2 Å². The molecule has 1 aromatic rings. The Hall–Kier alpha value is -2.52. The van der Waals surface area contributed by atoms with Crippen molar-refractivity contribution in [2.75, 3.05) is 11.7 Å². The second-order valence-corrected chi connectivity index (χ2v) is 12.5. The fourth-order valence-corrected chi connectivity index (χ4v) is 5.17. The molecule has 0 bridgehead atoms. The Morgan fingerprint density at radius 1 is 1.08 bits per heavy atom. The first-order valence-electron chi connectivity index (χ1n) is 12.4. The molecule has 0 N–H and O–H groups in total. The van der Waals surface area contributed by atoms with Crippen LogP contribution >= 0.6 is 0 Å². The van der Waals surface area contributed by atoms with Crippen LogP contribution < -0.4 is 19.8 Å². The molecule has 3 aliphatic rings. The van der Waals surface area contributed by atoms with E-state index in [0.717, 1.165) is 0 Å². The molecule has 0 aromatic heterocycles. The normalized spacial score (nSPS) is 25.6. The number of anilines is 1. The predicted octanol–water partition coefficient (Wildman–Crippen LogP) is 4.65. The molecule has 1 aromatic carbocycles. The molecule has 4 rings (SSSR count). The predicted molar refractivity (Wildman–Crippen MR) is 138 cm³/mol. The minimum absolute atomic E-state index is 0.0347. The SMILES string of the molecule is C=CCC1(C)C(=O)C(C)(C)N(C(=O)OC(C)(C)C)c2c1cc(B1OC(C)(C)C(C)(C)O1)c1c2OCO1. The third-order valence-electron chi connectivity index (χ3n) is 7.71. The van der Waals surface area contributed by atoms with Crippen LogP contribution in [0.15, 0.2) is 18.7 Å². The molecule has 1 fully saturated rings. The monoisotopic (exact) mass is 499 g/mol. The van der Waals surface area contributed by atoms with Crippen molar-refractivity contribution in [2.24, 2.45) is 0 Å². The van der Waals surface area contributed by atoms with Gasteiger partial charge in [-0.25, -0.2) is 4.79 Å². The second kappa shape index (κ2) is 7.99. The van der Waals surface area contributed by atoms with Gasteiger partial charge in [-0.2, -0.15) is 0 Å². The maximum absolute atomic E-state index is 14.1. The van der Waals surface area contributed by atoms with Crippen molar-refractivity contribution in [1.82, 2.24) is 0 Å². The van der Waals surface area contributed by atoms with Gasteiger partial charge in [0, 0.05) is 5.46 Å². The molecular formula is C27H38BNO7. The van der Waals surface area contributed by atoms with Crippen LogP contribution in [0.3, 0.4) is 0 Å². The number of rotatable bonds is 3. The van der Waals surface area contributed by atoms with Gasteiger partial charge < -0.3 is 23.5 Å². The summed E-state index contributed by atoms with van der Waals surface area (Å²) in [5.74, 6) is 0.679. The average Bonchev–Trinajstić information content (AvgIpc) is 3.27. The van der Waals surface area contributed by atoms with Crippen molar-refractivity contribution in [3.05, 3.63) is 24.3 Å². The lowest BCUT2D eigenvalue weighted by molar-refractivity contribution is -0.129. The fourth-order valence-electron chi connectivity index (χ4n) is 5.17. The van der Waals surface area contributed by atoms with Crippen LogP contribution in [0.4, 0.5) is 10.5 Å². The average molecular weight is 499 g/mol. The summed E-state index contributed by atoms with van der Waals surface area (Å²) in [6.07, 6.45) is 1.45. The zero-order chi connectivity index (χ0) is 27.1. The zero-order valence-electron chi connectivity index (χ0n) is 23.2. The molecule has 1 saturated heterocycles. The third-order valence-corrected chi connectivity index (χ3v) is 7.71. The molecule has 9 heteroatoms. The lowest BCUT2D eigenvalue weighted by Gasteiger charge is -2.49. The Morgan fingerprint density at radius 2 is 1.64 bits per heavy atom. The number of carbonyl (C=O) groups is 2. The first kappa shape index (κ1) is 26.5. The fraction of sp³-hybridized carbons (Fsp3) is 0.630. The Kier molecular flexibility index (Phi) is 5.89. The van der Waals surface area contributed by atoms with Gasteiger partial charge in [-0.15, -0.1) is 6.58 Å². The van der Waals surface area contributed by atoms with Gasteiger partial charge in [0.05, 0.1) is 22.3 Å². The van der Waals surface area contributed by atoms with Crippen molar-refractivity contribution in [2.45, 2.75) is 103 Å². The van der Waals surface area contributed by atoms with E-state index in [0.29, 0.717) is 34.6 Å². The van der Waals surface area contributed by atoms with E-state index in [9.17, 15) is 9.59 Å². The summed E-state index contributed by atoms with van der Waals surface area (Å²) >= 11 is 0. The largest absolute Gasteiger partial charge is 0.498 e. The standard InChI is InChI=1S/C27H38BNO7/c1-12-13-27(11)16-14-17(28-35-25(7,8)26(9,10)36-28)19-20(33-15-32-19)18(16)29(24(5,6)21(27)30)22(31)34-23(2,3)4/h12,14H,1,13,15H2,2-11H3. The number of ether oxygens (including phenoxy) is 3. The summed E-state index contributed by atoms with van der Waals surface area (Å²) in [5.41, 5.74) is -2.43. The highest BCUT2D eigenvalue weighted by molar-refractivity contribution is 6.63. The summed E-state index contributed by atoms with van der Waals surface area (Å²) in [6.45, 7) is 22.5. The summed E-state index contributed by atoms with van der Waals surface area (Å²) < 4.78 is 30.4. The number of allylic oxidation sites excluding steroid dienone is 1. The summed E-state index contributed by atoms with van der Waals surface area (Å²) in [7, 11) is -0.747. The van der Waals surface area contributed by atoms with Gasteiger partial charge in [0.15, 0.2) is 17.3 Å². The number of hydrogen-bond donors (Lipinski definition) is 0. The van der Waals surface area contributed by atoms with E-state index < -0.39 is 41.0 Å². The minimum atomic E-state index is -1.22. The number of amides is 1. The lowest BCUT2D eigenvalue weighted by Crippen LogP contribution is -2.63. The maximum atomic E-state index is 14.1. The van der Waals surface area contributed by atoms with E-state index in [-0.39, 0.29) is 12.6 Å². The number of hydrogen-bond acceptors (Lipinski definition) is 7. The molecule has 1 unspecified atom stereocenters. The van der Waals surface area contributed by atoms with Crippen LogP contribution in [0.5, 0.6) is 11.5 Å². The molecular weight excluding hydrogens is 461 g/mol. The highest BCUT2D eigenvalue weighted by atomic mass is 16.7. The molecule has 0 saturated carbocycles. The molecule has 36 heavy (non-hydrogen) atoms. The second-order valence-electron chi connectivity index (χ2n) is 12.5. The highest BCUT2D eigenvalue weighted by Gasteiger charge is 2.59. The highest BCUT2D eigenvalue weighted by Crippen LogP contribution is 2.55. The van der Waals surface area contributed by atoms with Crippen molar-refractivity contribution in [1.29, 1.82) is 0 Å². The first-order chi connectivity index (χ1) is 16.4. The third kappa shape index (κ3) is 3.82. The zero-order valence-corrected chi connectivity index (χ0v) is 23.2. The van der Waals surface area contributed by atoms with Crippen molar-refractivity contribution < 1.29 is 33.1 Å². The summed E-state index contributed by atoms with van der Waals surface area (Å²) in [4.78, 5) is 29.1. The Balaban J connectivity index is 2.00. The summed E-state index contributed by atoms with van der Waals surface area (Å²) in [6, 6.07) is 1.86. The lowest BCUT2D eigenvalue weighted by atomic mass is 9.63. The van der Waals surface area contributed by atoms with Gasteiger partial charge in [0.2, 0.25) is 6.79 Å². The number of ketones is 1. The number of nitrogens with zero attached hydrogens (tertiary/aromatic N) is 1. The first-order valence-corrected chi connectivity index (χ1v) is 12.4. The van der Waals surface area contributed by atoms with Gasteiger partial charge >= 0.3 is 13.2 Å². The molecule has 0 aliphatic carbocycles. The van der Waals surface area contributed by atoms with Gasteiger partial charge in [0.1, 0.15) is 11.1 Å². The van der Waals surface area contributed by atoms with Crippen LogP contribution in [-0.4, -0.2) is 48.1 Å². The molecule has 1 atom stereocenters. The molecule has 0 spiro atoms. The molecule has 0 radical (unpaired) electrons. The van der Waals surface area contributed by atoms with E-state index >= 15 is 0 Å². The van der Waals surface area contributed by atoms with E-state index in [4.69, 9.17) is 23.5 Å². The number of benzene rings is 1. The van der Waals surface area contributed by atoms with Crippen molar-refractivity contribution in [3.8, 4) is 11.5 Å². The molecule has 3 aliphatic heterocycles. The number of Topliss-reactive ketones (excluding diaryl/α,β-unsaturated/α-hetero) is 1. The van der Waals surface area contributed by atoms with Gasteiger partial charge in [-0.05, 0) is 81.2 Å². The smallest absolute Gasteiger partial charge is 0.454 e. The Bertz CT molecular complexity index is 1120. The number of carbonyl (C=O) groups excluding carboxylic acids is 2.